The molecule has 1 N–H and O–H groups in total. The second kappa shape index (κ2) is 14.6. The summed E-state index contributed by atoms with van der Waals surface area (Å²) < 4.78 is 5.77. The second-order valence-corrected chi connectivity index (χ2v) is 9.78. The van der Waals surface area contributed by atoms with Gasteiger partial charge >= 0.3 is 0 Å². The molecule has 0 atom stereocenters. The highest BCUT2D eigenvalue weighted by Gasteiger charge is 2.17. The zero-order valence-electron chi connectivity index (χ0n) is 24.8. The molecular weight excluding hydrogens is 510 g/mol. The molecule has 3 rings (SSSR count). The van der Waals surface area contributed by atoms with E-state index in [0.29, 0.717) is 41.2 Å². The van der Waals surface area contributed by atoms with Crippen LogP contribution in [0.2, 0.25) is 0 Å². The first kappa shape index (κ1) is 30.8. The number of carbonyl (C=O) groups is 2. The molecular formula is C35H39N3O3. The fourth-order valence-corrected chi connectivity index (χ4v) is 4.15. The standard InChI is InChI=1S/C35H39N3O3/c1-8-25(4)41-30(9-2)22-23-38(7)35(40)28-18-20-29(21-19-28)37-34(39)26(5)32-16-12-13-17-33(32)36-27(6)31-15-11-10-14-24(31)3/h8-21H,6,22-23H2,1-5,7H3,(H,37,39)/b25-8-,30-9+,32-26+,36-33?. The number of nitrogens with one attached hydrogen (secondary N) is 1. The molecule has 2 aromatic rings. The molecule has 0 aromatic heterocycles. The number of ether oxygens (including phenoxy) is 1. The van der Waals surface area contributed by atoms with Crippen LogP contribution >= 0.6 is 0 Å². The molecule has 0 saturated carbocycles. The molecule has 0 bridgehead atoms. The lowest BCUT2D eigenvalue weighted by atomic mass is 9.98. The van der Waals surface area contributed by atoms with Gasteiger partial charge in [0.15, 0.2) is 0 Å². The number of benzene rings is 2. The number of nitrogens with zero attached hydrogens (tertiary/aromatic N) is 2. The van der Waals surface area contributed by atoms with Crippen molar-refractivity contribution in [3.8, 4) is 0 Å². The first-order valence-electron chi connectivity index (χ1n) is 13.7. The van der Waals surface area contributed by atoms with E-state index in [1.807, 2.05) is 88.4 Å². The van der Waals surface area contributed by atoms with Crippen molar-refractivity contribution >= 4 is 28.9 Å². The molecule has 0 aliphatic heterocycles. The van der Waals surface area contributed by atoms with Crippen LogP contribution < -0.4 is 5.32 Å². The van der Waals surface area contributed by atoms with Crippen LogP contribution in [0.3, 0.4) is 0 Å². The van der Waals surface area contributed by atoms with Gasteiger partial charge in [-0.05, 0) is 82.7 Å². The number of hydrogen-bond donors (Lipinski definition) is 1. The van der Waals surface area contributed by atoms with Crippen molar-refractivity contribution < 1.29 is 14.3 Å². The van der Waals surface area contributed by atoms with Gasteiger partial charge in [-0.2, -0.15) is 0 Å². The minimum Gasteiger partial charge on any atom is -0.467 e. The van der Waals surface area contributed by atoms with Crippen molar-refractivity contribution in [1.82, 2.24) is 4.90 Å². The molecule has 2 aromatic carbocycles. The molecule has 1 aliphatic carbocycles. The maximum Gasteiger partial charge on any atom is 0.253 e. The van der Waals surface area contributed by atoms with Gasteiger partial charge < -0.3 is 15.0 Å². The van der Waals surface area contributed by atoms with E-state index in [4.69, 9.17) is 9.73 Å². The molecule has 41 heavy (non-hydrogen) atoms. The summed E-state index contributed by atoms with van der Waals surface area (Å²) in [5.41, 5.74) is 5.74. The Kier molecular flexibility index (Phi) is 11.0. The zero-order valence-corrected chi connectivity index (χ0v) is 24.8. The minimum absolute atomic E-state index is 0.103. The SMILES string of the molecule is C=C(N=C1C=CC=C/C1=C(/C)C(=O)Nc1ccc(C(=O)N(C)CC/C(=C\C)O/C(C)=C\C)cc1)c1ccccc1C. The molecule has 0 fully saturated rings. The first-order chi connectivity index (χ1) is 19.6. The minimum atomic E-state index is -0.249. The predicted octanol–water partition coefficient (Wildman–Crippen LogP) is 7.79. The van der Waals surface area contributed by atoms with Gasteiger partial charge in [0.1, 0.15) is 5.76 Å². The van der Waals surface area contributed by atoms with Crippen LogP contribution in [0.5, 0.6) is 0 Å². The Morgan fingerprint density at radius 2 is 1.68 bits per heavy atom. The molecule has 0 unspecified atom stereocenters. The number of anilines is 1. The van der Waals surface area contributed by atoms with E-state index in [-0.39, 0.29) is 11.8 Å². The third-order valence-electron chi connectivity index (χ3n) is 6.81. The number of allylic oxidation sites excluding steroid dienone is 8. The summed E-state index contributed by atoms with van der Waals surface area (Å²) in [4.78, 5) is 32.5. The van der Waals surface area contributed by atoms with Crippen molar-refractivity contribution in [3.63, 3.8) is 0 Å². The Morgan fingerprint density at radius 1 is 1.00 bits per heavy atom. The summed E-state index contributed by atoms with van der Waals surface area (Å²) in [7, 11) is 1.77. The first-order valence-corrected chi connectivity index (χ1v) is 13.7. The van der Waals surface area contributed by atoms with Gasteiger partial charge in [-0.3, -0.25) is 9.59 Å². The number of rotatable bonds is 10. The van der Waals surface area contributed by atoms with Crippen LogP contribution in [0, 0.1) is 6.92 Å². The van der Waals surface area contributed by atoms with Crippen LogP contribution in [-0.4, -0.2) is 36.0 Å². The monoisotopic (exact) mass is 549 g/mol. The Labute approximate surface area is 243 Å². The van der Waals surface area contributed by atoms with E-state index in [1.165, 1.54) is 0 Å². The van der Waals surface area contributed by atoms with Gasteiger partial charge in [-0.15, -0.1) is 0 Å². The average molecular weight is 550 g/mol. The van der Waals surface area contributed by atoms with E-state index >= 15 is 0 Å². The molecule has 6 nitrogen and oxygen atoms in total. The number of aliphatic imine (C=N–C) groups is 1. The third kappa shape index (κ3) is 8.39. The highest BCUT2D eigenvalue weighted by Crippen LogP contribution is 2.23. The van der Waals surface area contributed by atoms with E-state index in [0.717, 1.165) is 28.2 Å². The molecule has 2 amide bonds. The summed E-state index contributed by atoms with van der Waals surface area (Å²) in [5, 5.41) is 2.93. The zero-order chi connectivity index (χ0) is 29.9. The van der Waals surface area contributed by atoms with Gasteiger partial charge in [0, 0.05) is 48.0 Å². The Hall–Kier alpha value is -4.71. The van der Waals surface area contributed by atoms with Gasteiger partial charge in [0.25, 0.3) is 11.8 Å². The fourth-order valence-electron chi connectivity index (χ4n) is 4.15. The molecule has 0 radical (unpaired) electrons. The topological polar surface area (TPSA) is 71.0 Å². The van der Waals surface area contributed by atoms with Crippen molar-refractivity contribution in [2.24, 2.45) is 4.99 Å². The number of aryl methyl sites for hydroxylation is 1. The maximum absolute atomic E-state index is 13.2. The molecule has 1 aliphatic rings. The molecule has 0 spiro atoms. The summed E-state index contributed by atoms with van der Waals surface area (Å²) in [5.74, 6) is 1.29. The molecule has 0 saturated heterocycles. The van der Waals surface area contributed by atoms with Crippen molar-refractivity contribution in [3.05, 3.63) is 131 Å². The highest BCUT2D eigenvalue weighted by atomic mass is 16.5. The van der Waals surface area contributed by atoms with Crippen LogP contribution in [0.15, 0.2) is 119 Å². The molecule has 6 heteroatoms. The lowest BCUT2D eigenvalue weighted by Gasteiger charge is -2.19. The van der Waals surface area contributed by atoms with Crippen molar-refractivity contribution in [2.45, 2.75) is 41.0 Å². The maximum atomic E-state index is 13.2. The third-order valence-corrected chi connectivity index (χ3v) is 6.81. The predicted molar refractivity (Wildman–Crippen MR) is 170 cm³/mol. The van der Waals surface area contributed by atoms with Gasteiger partial charge in [0.2, 0.25) is 0 Å². The highest BCUT2D eigenvalue weighted by molar-refractivity contribution is 6.19. The van der Waals surface area contributed by atoms with Gasteiger partial charge in [-0.1, -0.05) is 49.1 Å². The number of hydrogen-bond acceptors (Lipinski definition) is 4. The quantitative estimate of drug-likeness (QED) is 0.243. The Bertz CT molecular complexity index is 1480. The summed E-state index contributed by atoms with van der Waals surface area (Å²) in [6.45, 7) is 14.2. The van der Waals surface area contributed by atoms with Crippen LogP contribution in [0.4, 0.5) is 5.69 Å². The largest absolute Gasteiger partial charge is 0.467 e. The van der Waals surface area contributed by atoms with Crippen LogP contribution in [0.25, 0.3) is 5.70 Å². The summed E-state index contributed by atoms with van der Waals surface area (Å²) in [6.07, 6.45) is 11.9. The average Bonchev–Trinajstić information content (AvgIpc) is 2.98. The molecule has 212 valence electrons. The second-order valence-electron chi connectivity index (χ2n) is 9.78. The molecule has 0 heterocycles. The van der Waals surface area contributed by atoms with E-state index in [9.17, 15) is 9.59 Å². The smallest absolute Gasteiger partial charge is 0.253 e. The number of carbonyl (C=O) groups excluding carboxylic acids is 2. The van der Waals surface area contributed by atoms with Gasteiger partial charge in [-0.25, -0.2) is 4.99 Å². The lowest BCUT2D eigenvalue weighted by molar-refractivity contribution is -0.112. The van der Waals surface area contributed by atoms with Crippen LogP contribution in [-0.2, 0) is 9.53 Å². The lowest BCUT2D eigenvalue weighted by Crippen LogP contribution is -2.28. The van der Waals surface area contributed by atoms with E-state index in [1.54, 1.807) is 43.1 Å². The normalized spacial score (nSPS) is 15.5. The summed E-state index contributed by atoms with van der Waals surface area (Å²) in [6, 6.07) is 14.8. The van der Waals surface area contributed by atoms with Crippen molar-refractivity contribution in [2.75, 3.05) is 18.9 Å². The number of amides is 2. The Balaban J connectivity index is 1.68. The van der Waals surface area contributed by atoms with E-state index < -0.39 is 0 Å². The van der Waals surface area contributed by atoms with Crippen molar-refractivity contribution in [1.29, 1.82) is 0 Å². The Morgan fingerprint density at radius 3 is 2.34 bits per heavy atom. The van der Waals surface area contributed by atoms with E-state index in [2.05, 4.69) is 11.9 Å². The fraction of sp³-hybridized carbons (Fsp3) is 0.229. The van der Waals surface area contributed by atoms with Crippen LogP contribution in [0.1, 0.15) is 55.6 Å². The van der Waals surface area contributed by atoms with Gasteiger partial charge in [0.05, 0.1) is 17.2 Å². The summed E-state index contributed by atoms with van der Waals surface area (Å²) >= 11 is 0.